The van der Waals surface area contributed by atoms with E-state index in [0.29, 0.717) is 39.9 Å². The Bertz CT molecular complexity index is 1510. The summed E-state index contributed by atoms with van der Waals surface area (Å²) >= 11 is 7.97. The first-order valence-corrected chi connectivity index (χ1v) is 14.1. The van der Waals surface area contributed by atoms with Gasteiger partial charge in [-0.25, -0.2) is 9.07 Å². The molecular weight excluding hydrogens is 535 g/mol. The van der Waals surface area contributed by atoms with Crippen LogP contribution in [0.15, 0.2) is 78.9 Å². The van der Waals surface area contributed by atoms with Gasteiger partial charge < -0.3 is 5.32 Å². The Morgan fingerprint density at radius 1 is 1.08 bits per heavy atom. The molecule has 0 saturated carbocycles. The summed E-state index contributed by atoms with van der Waals surface area (Å²) in [6.07, 6.45) is 0. The van der Waals surface area contributed by atoms with Gasteiger partial charge in [-0.3, -0.25) is 14.5 Å². The van der Waals surface area contributed by atoms with Gasteiger partial charge in [0.25, 0.3) is 0 Å². The van der Waals surface area contributed by atoms with E-state index in [9.17, 15) is 9.59 Å². The lowest BCUT2D eigenvalue weighted by atomic mass is 9.99. The topological polar surface area (TPSA) is 67.2 Å². The first-order chi connectivity index (χ1) is 18.8. The fourth-order valence-corrected chi connectivity index (χ4v) is 6.01. The van der Waals surface area contributed by atoms with Gasteiger partial charge in [0, 0.05) is 23.2 Å². The van der Waals surface area contributed by atoms with E-state index in [4.69, 9.17) is 16.7 Å². The number of thioether (sulfide) groups is 1. The Hall–Kier alpha value is -3.62. The van der Waals surface area contributed by atoms with Gasteiger partial charge in [0.15, 0.2) is 0 Å². The van der Waals surface area contributed by atoms with Crippen molar-refractivity contribution in [1.82, 2.24) is 15.1 Å². The molecule has 2 amide bonds. The molecule has 2 heterocycles. The van der Waals surface area contributed by atoms with Gasteiger partial charge in [-0.1, -0.05) is 86.1 Å². The molecule has 1 unspecified atom stereocenters. The number of rotatable bonds is 7. The van der Waals surface area contributed by atoms with Crippen molar-refractivity contribution < 1.29 is 14.0 Å². The van der Waals surface area contributed by atoms with E-state index in [1.807, 2.05) is 62.4 Å². The third kappa shape index (κ3) is 5.58. The second-order valence-electron chi connectivity index (χ2n) is 9.71. The average molecular weight is 563 g/mol. The molecule has 0 spiro atoms. The van der Waals surface area contributed by atoms with E-state index in [-0.39, 0.29) is 35.8 Å². The molecule has 4 aromatic rings. The highest BCUT2D eigenvalue weighted by Gasteiger charge is 2.38. The third-order valence-corrected chi connectivity index (χ3v) is 7.97. The molecule has 0 bridgehead atoms. The van der Waals surface area contributed by atoms with Crippen molar-refractivity contribution >= 4 is 41.0 Å². The molecule has 9 heteroatoms. The van der Waals surface area contributed by atoms with Crippen molar-refractivity contribution in [3.05, 3.63) is 101 Å². The predicted molar refractivity (Wildman–Crippen MR) is 155 cm³/mol. The van der Waals surface area contributed by atoms with E-state index in [1.165, 1.54) is 22.7 Å². The molecule has 1 N–H and O–H groups in total. The summed E-state index contributed by atoms with van der Waals surface area (Å²) in [4.78, 5) is 28.2. The number of benzene rings is 3. The third-order valence-electron chi connectivity index (χ3n) is 6.41. The SMILES string of the molecule is CC(C)CNC(=O)CN1C(=O)CSC(c2ccccc2F)c2c(-c3ccccc3)nn(-c3ccccc3Cl)c21. The van der Waals surface area contributed by atoms with E-state index < -0.39 is 5.25 Å². The lowest BCUT2D eigenvalue weighted by Gasteiger charge is -2.23. The van der Waals surface area contributed by atoms with Gasteiger partial charge in [0.05, 0.1) is 27.4 Å². The molecule has 5 rings (SSSR count). The molecule has 0 fully saturated rings. The maximum Gasteiger partial charge on any atom is 0.240 e. The summed E-state index contributed by atoms with van der Waals surface area (Å²) in [7, 11) is 0. The number of carbonyl (C=O) groups is 2. The minimum atomic E-state index is -0.555. The quantitative estimate of drug-likeness (QED) is 0.288. The normalized spacial score (nSPS) is 15.3. The second kappa shape index (κ2) is 11.6. The fourth-order valence-electron chi connectivity index (χ4n) is 4.57. The van der Waals surface area contributed by atoms with Crippen LogP contribution < -0.4 is 10.2 Å². The smallest absolute Gasteiger partial charge is 0.240 e. The molecule has 0 radical (unpaired) electrons. The standard InChI is InChI=1S/C30H28ClFN4O2S/c1-19(2)16-33-25(37)17-35-26(38)18-39-29(21-12-6-8-14-23(21)32)27-28(20-10-4-3-5-11-20)34-36(30(27)35)24-15-9-7-13-22(24)31/h3-15,19,29H,16-18H2,1-2H3,(H,33,37). The number of hydrogen-bond donors (Lipinski definition) is 1. The Morgan fingerprint density at radius 2 is 1.77 bits per heavy atom. The van der Waals surface area contributed by atoms with E-state index >= 15 is 4.39 Å². The first kappa shape index (κ1) is 27.0. The van der Waals surface area contributed by atoms with Crippen LogP contribution in [0.1, 0.15) is 30.2 Å². The van der Waals surface area contributed by atoms with Crippen molar-refractivity contribution in [2.45, 2.75) is 19.1 Å². The molecule has 200 valence electrons. The summed E-state index contributed by atoms with van der Waals surface area (Å²) < 4.78 is 16.9. The number of amides is 2. The number of halogens is 2. The molecular formula is C30H28ClFN4O2S. The van der Waals surface area contributed by atoms with Crippen LogP contribution >= 0.6 is 23.4 Å². The fraction of sp³-hybridized carbons (Fsp3) is 0.233. The van der Waals surface area contributed by atoms with Crippen molar-refractivity contribution in [1.29, 1.82) is 0 Å². The van der Waals surface area contributed by atoms with Gasteiger partial charge in [-0.05, 0) is 24.1 Å². The van der Waals surface area contributed by atoms with Gasteiger partial charge in [-0.2, -0.15) is 5.10 Å². The molecule has 1 aliphatic heterocycles. The van der Waals surface area contributed by atoms with Crippen LogP contribution in [0.3, 0.4) is 0 Å². The molecule has 3 aromatic carbocycles. The van der Waals surface area contributed by atoms with Crippen LogP contribution in [-0.4, -0.2) is 40.4 Å². The van der Waals surface area contributed by atoms with Crippen LogP contribution in [0.4, 0.5) is 10.2 Å². The Balaban J connectivity index is 1.79. The highest BCUT2D eigenvalue weighted by molar-refractivity contribution is 8.00. The number of para-hydroxylation sites is 1. The molecule has 0 saturated heterocycles. The zero-order valence-corrected chi connectivity index (χ0v) is 23.2. The molecule has 1 atom stereocenters. The van der Waals surface area contributed by atoms with Crippen molar-refractivity contribution in [2.24, 2.45) is 5.92 Å². The lowest BCUT2D eigenvalue weighted by Crippen LogP contribution is -2.43. The van der Waals surface area contributed by atoms with Gasteiger partial charge in [0.1, 0.15) is 18.2 Å². The van der Waals surface area contributed by atoms with E-state index in [1.54, 1.807) is 28.9 Å². The summed E-state index contributed by atoms with van der Waals surface area (Å²) in [5, 5.41) is 7.76. The van der Waals surface area contributed by atoms with Crippen LogP contribution in [-0.2, 0) is 9.59 Å². The van der Waals surface area contributed by atoms with Crippen molar-refractivity contribution in [2.75, 3.05) is 23.7 Å². The van der Waals surface area contributed by atoms with Gasteiger partial charge in [-0.15, -0.1) is 11.8 Å². The molecule has 39 heavy (non-hydrogen) atoms. The van der Waals surface area contributed by atoms with Gasteiger partial charge in [0.2, 0.25) is 11.8 Å². The highest BCUT2D eigenvalue weighted by atomic mass is 35.5. The first-order valence-electron chi connectivity index (χ1n) is 12.7. The van der Waals surface area contributed by atoms with Gasteiger partial charge >= 0.3 is 0 Å². The van der Waals surface area contributed by atoms with E-state index in [0.717, 1.165) is 5.56 Å². The number of hydrogen-bond acceptors (Lipinski definition) is 4. The van der Waals surface area contributed by atoms with E-state index in [2.05, 4.69) is 5.32 Å². The lowest BCUT2D eigenvalue weighted by molar-refractivity contribution is -0.123. The van der Waals surface area contributed by atoms with Crippen LogP contribution in [0.25, 0.3) is 16.9 Å². The second-order valence-corrected chi connectivity index (χ2v) is 11.2. The van der Waals surface area contributed by atoms with Crippen molar-refractivity contribution in [3.8, 4) is 16.9 Å². The molecule has 0 aliphatic carbocycles. The number of fused-ring (bicyclic) bond motifs is 1. The number of aromatic nitrogens is 2. The van der Waals surface area contributed by atoms with Crippen LogP contribution in [0, 0.1) is 11.7 Å². The van der Waals surface area contributed by atoms with Crippen molar-refractivity contribution in [3.63, 3.8) is 0 Å². The van der Waals surface area contributed by atoms with Crippen LogP contribution in [0.2, 0.25) is 5.02 Å². The molecule has 1 aliphatic rings. The molecule has 6 nitrogen and oxygen atoms in total. The predicted octanol–water partition coefficient (Wildman–Crippen LogP) is 6.27. The molecule has 1 aromatic heterocycles. The average Bonchev–Trinajstić information content (AvgIpc) is 3.25. The Labute approximate surface area is 236 Å². The largest absolute Gasteiger partial charge is 0.354 e. The minimum Gasteiger partial charge on any atom is -0.354 e. The summed E-state index contributed by atoms with van der Waals surface area (Å²) in [6.45, 7) is 4.29. The van der Waals surface area contributed by atoms with Crippen LogP contribution in [0.5, 0.6) is 0 Å². The zero-order chi connectivity index (χ0) is 27.5. The number of carbonyl (C=O) groups excluding carboxylic acids is 2. The maximum atomic E-state index is 15.3. The highest BCUT2D eigenvalue weighted by Crippen LogP contribution is 2.49. The monoisotopic (exact) mass is 562 g/mol. The number of nitrogens with zero attached hydrogens (tertiary/aromatic N) is 3. The zero-order valence-electron chi connectivity index (χ0n) is 21.6. The summed E-state index contributed by atoms with van der Waals surface area (Å²) in [5.74, 6) is -0.213. The Morgan fingerprint density at radius 3 is 2.49 bits per heavy atom. The number of anilines is 1. The summed E-state index contributed by atoms with van der Waals surface area (Å²) in [5.41, 5.74) is 3.04. The minimum absolute atomic E-state index is 0.0574. The summed E-state index contributed by atoms with van der Waals surface area (Å²) in [6, 6.07) is 23.3. The number of nitrogens with one attached hydrogen (secondary N) is 1. The Kier molecular flexibility index (Phi) is 8.04. The maximum absolute atomic E-state index is 15.3.